The fraction of sp³-hybridized carbons (Fsp3) is 0.545. The molecule has 0 bridgehead atoms. The summed E-state index contributed by atoms with van der Waals surface area (Å²) in [6.45, 7) is 6.93. The second-order valence-corrected chi connectivity index (χ2v) is 2.71. The molecule has 0 aliphatic carbocycles. The summed E-state index contributed by atoms with van der Waals surface area (Å²) in [5, 5.41) is 0. The van der Waals surface area contributed by atoms with E-state index in [1.54, 1.807) is 19.1 Å². The zero-order valence-corrected chi connectivity index (χ0v) is 9.08. The molecule has 0 aromatic rings. The van der Waals surface area contributed by atoms with Crippen LogP contribution in [-0.2, 0) is 14.3 Å². The van der Waals surface area contributed by atoms with Gasteiger partial charge in [0.25, 0.3) is 0 Å². The van der Waals surface area contributed by atoms with Crippen molar-refractivity contribution >= 4 is 5.97 Å². The van der Waals surface area contributed by atoms with E-state index in [0.29, 0.717) is 25.4 Å². The molecule has 3 nitrogen and oxygen atoms in total. The maximum atomic E-state index is 11.2. The highest BCUT2D eigenvalue weighted by atomic mass is 16.6. The van der Waals surface area contributed by atoms with Crippen LogP contribution in [0.4, 0.5) is 0 Å². The van der Waals surface area contributed by atoms with E-state index in [1.807, 2.05) is 19.9 Å². The lowest BCUT2D eigenvalue weighted by atomic mass is 10.3. The molecule has 0 fully saturated rings. The number of rotatable bonds is 6. The van der Waals surface area contributed by atoms with Crippen molar-refractivity contribution in [3.05, 3.63) is 23.8 Å². The SMILES string of the molecule is C/C=C\C=C(/C)C(=O)OCCOCC. The molecule has 0 radical (unpaired) electrons. The Kier molecular flexibility index (Phi) is 7.84. The van der Waals surface area contributed by atoms with Gasteiger partial charge in [-0.25, -0.2) is 4.79 Å². The van der Waals surface area contributed by atoms with E-state index in [9.17, 15) is 4.79 Å². The molecule has 0 saturated carbocycles. The summed E-state index contributed by atoms with van der Waals surface area (Å²) < 4.78 is 9.97. The fourth-order valence-electron chi connectivity index (χ4n) is 0.760. The van der Waals surface area contributed by atoms with Crippen molar-refractivity contribution in [2.75, 3.05) is 19.8 Å². The Morgan fingerprint density at radius 3 is 2.64 bits per heavy atom. The van der Waals surface area contributed by atoms with Gasteiger partial charge in [0.15, 0.2) is 0 Å². The number of esters is 1. The van der Waals surface area contributed by atoms with Crippen LogP contribution in [0.3, 0.4) is 0 Å². The summed E-state index contributed by atoms with van der Waals surface area (Å²) in [5.41, 5.74) is 0.597. The third-order valence-electron chi connectivity index (χ3n) is 1.53. The Bertz CT molecular complexity index is 217. The van der Waals surface area contributed by atoms with Crippen LogP contribution in [0.15, 0.2) is 23.8 Å². The molecule has 0 saturated heterocycles. The van der Waals surface area contributed by atoms with Gasteiger partial charge in [-0.2, -0.15) is 0 Å². The van der Waals surface area contributed by atoms with Crippen LogP contribution in [0.1, 0.15) is 20.8 Å². The summed E-state index contributed by atoms with van der Waals surface area (Å²) in [7, 11) is 0. The number of hydrogen-bond acceptors (Lipinski definition) is 3. The van der Waals surface area contributed by atoms with Gasteiger partial charge in [0.2, 0.25) is 0 Å². The summed E-state index contributed by atoms with van der Waals surface area (Å²) in [5.74, 6) is -0.289. The Labute approximate surface area is 85.4 Å². The summed E-state index contributed by atoms with van der Waals surface area (Å²) >= 11 is 0. The van der Waals surface area contributed by atoms with E-state index in [1.165, 1.54) is 0 Å². The molecule has 0 aliphatic heterocycles. The first kappa shape index (κ1) is 12.9. The van der Waals surface area contributed by atoms with Gasteiger partial charge in [-0.1, -0.05) is 18.2 Å². The predicted molar refractivity (Wildman–Crippen MR) is 56.0 cm³/mol. The van der Waals surface area contributed by atoms with Crippen molar-refractivity contribution in [2.24, 2.45) is 0 Å². The molecule has 14 heavy (non-hydrogen) atoms. The van der Waals surface area contributed by atoms with E-state index < -0.39 is 0 Å². The summed E-state index contributed by atoms with van der Waals surface area (Å²) in [6, 6.07) is 0. The van der Waals surface area contributed by atoms with Gasteiger partial charge in [0.05, 0.1) is 6.61 Å². The maximum absolute atomic E-state index is 11.2. The molecule has 0 unspecified atom stereocenters. The second-order valence-electron chi connectivity index (χ2n) is 2.71. The topological polar surface area (TPSA) is 35.5 Å². The first-order valence-electron chi connectivity index (χ1n) is 4.76. The molecule has 0 N–H and O–H groups in total. The molecular weight excluding hydrogens is 180 g/mol. The number of carbonyl (C=O) groups excluding carboxylic acids is 1. The highest BCUT2D eigenvalue weighted by Gasteiger charge is 2.03. The lowest BCUT2D eigenvalue weighted by Gasteiger charge is -2.04. The van der Waals surface area contributed by atoms with Crippen molar-refractivity contribution in [3.8, 4) is 0 Å². The number of allylic oxidation sites excluding steroid dienone is 3. The molecular formula is C11H18O3. The average molecular weight is 198 g/mol. The Morgan fingerprint density at radius 1 is 1.36 bits per heavy atom. The van der Waals surface area contributed by atoms with Crippen molar-refractivity contribution in [1.29, 1.82) is 0 Å². The van der Waals surface area contributed by atoms with Crippen LogP contribution >= 0.6 is 0 Å². The maximum Gasteiger partial charge on any atom is 0.333 e. The quantitative estimate of drug-likeness (QED) is 0.284. The van der Waals surface area contributed by atoms with Crippen molar-refractivity contribution in [3.63, 3.8) is 0 Å². The molecule has 3 heteroatoms. The number of hydrogen-bond donors (Lipinski definition) is 0. The monoisotopic (exact) mass is 198 g/mol. The summed E-state index contributed by atoms with van der Waals surface area (Å²) in [4.78, 5) is 11.2. The van der Waals surface area contributed by atoms with E-state index in [4.69, 9.17) is 9.47 Å². The van der Waals surface area contributed by atoms with Crippen LogP contribution in [0.25, 0.3) is 0 Å². The van der Waals surface area contributed by atoms with Gasteiger partial charge in [-0.3, -0.25) is 0 Å². The zero-order valence-electron chi connectivity index (χ0n) is 9.08. The van der Waals surface area contributed by atoms with Gasteiger partial charge in [-0.05, 0) is 20.8 Å². The molecule has 0 atom stereocenters. The van der Waals surface area contributed by atoms with E-state index in [-0.39, 0.29) is 5.97 Å². The molecule has 0 aromatic heterocycles. The van der Waals surface area contributed by atoms with Crippen LogP contribution in [0, 0.1) is 0 Å². The van der Waals surface area contributed by atoms with Crippen LogP contribution in [0.5, 0.6) is 0 Å². The first-order chi connectivity index (χ1) is 6.72. The summed E-state index contributed by atoms with van der Waals surface area (Å²) in [6.07, 6.45) is 5.39. The van der Waals surface area contributed by atoms with Gasteiger partial charge in [0.1, 0.15) is 6.61 Å². The third-order valence-corrected chi connectivity index (χ3v) is 1.53. The number of ether oxygens (including phenoxy) is 2. The van der Waals surface area contributed by atoms with E-state index >= 15 is 0 Å². The highest BCUT2D eigenvalue weighted by molar-refractivity contribution is 5.88. The van der Waals surface area contributed by atoms with Crippen LogP contribution in [-0.4, -0.2) is 25.8 Å². The zero-order chi connectivity index (χ0) is 10.8. The van der Waals surface area contributed by atoms with E-state index in [2.05, 4.69) is 0 Å². The Hall–Kier alpha value is -1.09. The minimum Gasteiger partial charge on any atom is -0.460 e. The normalized spacial score (nSPS) is 12.1. The predicted octanol–water partition coefficient (Wildman–Crippen LogP) is 2.09. The number of carbonyl (C=O) groups is 1. The van der Waals surface area contributed by atoms with Gasteiger partial charge in [-0.15, -0.1) is 0 Å². The van der Waals surface area contributed by atoms with E-state index in [0.717, 1.165) is 0 Å². The minimum atomic E-state index is -0.289. The third kappa shape index (κ3) is 6.43. The van der Waals surface area contributed by atoms with Gasteiger partial charge >= 0.3 is 5.97 Å². The van der Waals surface area contributed by atoms with Crippen molar-refractivity contribution in [2.45, 2.75) is 20.8 Å². The Balaban J connectivity index is 3.73. The first-order valence-corrected chi connectivity index (χ1v) is 4.76. The lowest BCUT2D eigenvalue weighted by molar-refractivity contribution is -0.140. The molecule has 0 heterocycles. The lowest BCUT2D eigenvalue weighted by Crippen LogP contribution is -2.11. The fourth-order valence-corrected chi connectivity index (χ4v) is 0.760. The molecule has 0 aliphatic rings. The smallest absolute Gasteiger partial charge is 0.333 e. The molecule has 80 valence electrons. The molecule has 0 aromatic carbocycles. The largest absolute Gasteiger partial charge is 0.460 e. The highest BCUT2D eigenvalue weighted by Crippen LogP contribution is 1.97. The Morgan fingerprint density at radius 2 is 2.07 bits per heavy atom. The molecule has 0 spiro atoms. The van der Waals surface area contributed by atoms with Crippen LogP contribution < -0.4 is 0 Å². The average Bonchev–Trinajstić information content (AvgIpc) is 2.20. The second kappa shape index (κ2) is 8.51. The van der Waals surface area contributed by atoms with Gasteiger partial charge < -0.3 is 9.47 Å². The molecule has 0 amide bonds. The molecule has 0 rings (SSSR count). The standard InChI is InChI=1S/C11H18O3/c1-4-6-7-10(3)11(12)14-9-8-13-5-2/h4,6-7H,5,8-9H2,1-3H3/b6-4-,10-7+. The van der Waals surface area contributed by atoms with Crippen molar-refractivity contribution in [1.82, 2.24) is 0 Å². The van der Waals surface area contributed by atoms with Crippen molar-refractivity contribution < 1.29 is 14.3 Å². The van der Waals surface area contributed by atoms with Crippen LogP contribution in [0.2, 0.25) is 0 Å². The van der Waals surface area contributed by atoms with Gasteiger partial charge in [0, 0.05) is 12.2 Å². The minimum absolute atomic E-state index is 0.289.